The molecule has 0 saturated heterocycles. The number of hydrogen-bond donors (Lipinski definition) is 1. The van der Waals surface area contributed by atoms with Crippen molar-refractivity contribution in [3.63, 3.8) is 0 Å². The number of nitrogens with one attached hydrogen (secondary N) is 1. The van der Waals surface area contributed by atoms with Crippen LogP contribution in [0.5, 0.6) is 5.75 Å². The van der Waals surface area contributed by atoms with Gasteiger partial charge in [-0.15, -0.1) is 0 Å². The Hall–Kier alpha value is 0.0700. The third-order valence-electron chi connectivity index (χ3n) is 2.60. The van der Waals surface area contributed by atoms with E-state index in [2.05, 4.69) is 37.2 Å². The molecule has 0 saturated carbocycles. The zero-order valence-electron chi connectivity index (χ0n) is 10.9. The molecule has 2 nitrogen and oxygen atoms in total. The highest BCUT2D eigenvalue weighted by atomic mass is 79.9. The summed E-state index contributed by atoms with van der Waals surface area (Å²) in [7, 11) is 0. The van der Waals surface area contributed by atoms with Crippen molar-refractivity contribution in [3.8, 4) is 5.75 Å². The van der Waals surface area contributed by atoms with E-state index in [1.165, 1.54) is 0 Å². The molecule has 0 heterocycles. The van der Waals surface area contributed by atoms with E-state index in [0.29, 0.717) is 0 Å². The summed E-state index contributed by atoms with van der Waals surface area (Å²) in [5, 5.41) is 6.19. The highest BCUT2D eigenvalue weighted by molar-refractivity contribution is 9.09. The summed E-state index contributed by atoms with van der Waals surface area (Å²) in [6.07, 6.45) is 4.47. The van der Waals surface area contributed by atoms with Crippen LogP contribution >= 0.6 is 43.5 Å². The third kappa shape index (κ3) is 7.42. The van der Waals surface area contributed by atoms with E-state index < -0.39 is 0 Å². The first-order chi connectivity index (χ1) is 9.27. The number of hydrogen-bond acceptors (Lipinski definition) is 2. The van der Waals surface area contributed by atoms with Crippen molar-refractivity contribution in [1.82, 2.24) is 0 Å². The van der Waals surface area contributed by atoms with Crippen LogP contribution in [0.2, 0.25) is 5.02 Å². The fourth-order valence-corrected chi connectivity index (χ4v) is 2.55. The lowest BCUT2D eigenvalue weighted by Gasteiger charge is -2.13. The fraction of sp³-hybridized carbons (Fsp3) is 0.571. The molecule has 0 amide bonds. The molecule has 1 rings (SSSR count). The molecule has 19 heavy (non-hydrogen) atoms. The molecule has 0 fully saturated rings. The number of rotatable bonds is 10. The van der Waals surface area contributed by atoms with Crippen molar-refractivity contribution in [2.45, 2.75) is 25.7 Å². The summed E-state index contributed by atoms with van der Waals surface area (Å²) in [5.74, 6) is 0.887. The van der Waals surface area contributed by atoms with Crippen molar-refractivity contribution < 1.29 is 4.74 Å². The van der Waals surface area contributed by atoms with E-state index in [-0.39, 0.29) is 0 Å². The average Bonchev–Trinajstić information content (AvgIpc) is 2.41. The summed E-state index contributed by atoms with van der Waals surface area (Å²) in [4.78, 5) is 0. The van der Waals surface area contributed by atoms with Gasteiger partial charge in [0.1, 0.15) is 5.75 Å². The molecule has 0 spiro atoms. The zero-order chi connectivity index (χ0) is 13.9. The molecule has 108 valence electrons. The number of alkyl halides is 2. The van der Waals surface area contributed by atoms with Gasteiger partial charge in [-0.25, -0.2) is 0 Å². The molecule has 0 bridgehead atoms. The lowest BCUT2D eigenvalue weighted by atomic mass is 10.2. The van der Waals surface area contributed by atoms with Gasteiger partial charge in [-0.2, -0.15) is 0 Å². The van der Waals surface area contributed by atoms with Gasteiger partial charge in [0.2, 0.25) is 0 Å². The van der Waals surface area contributed by atoms with Crippen LogP contribution in [-0.4, -0.2) is 23.8 Å². The minimum atomic E-state index is 0.732. The van der Waals surface area contributed by atoms with Crippen LogP contribution in [0.15, 0.2) is 18.2 Å². The molecular weight excluding hydrogens is 393 g/mol. The van der Waals surface area contributed by atoms with Crippen LogP contribution in [-0.2, 0) is 0 Å². The summed E-state index contributed by atoms with van der Waals surface area (Å²) >= 11 is 12.9. The Morgan fingerprint density at radius 1 is 1.05 bits per heavy atom. The topological polar surface area (TPSA) is 21.3 Å². The van der Waals surface area contributed by atoms with Crippen LogP contribution in [0.3, 0.4) is 0 Å². The molecule has 1 aromatic carbocycles. The quantitative estimate of drug-likeness (QED) is 0.405. The summed E-state index contributed by atoms with van der Waals surface area (Å²) < 4.78 is 5.80. The molecule has 0 radical (unpaired) electrons. The molecule has 0 atom stereocenters. The Balaban J connectivity index is 2.48. The second-order valence-corrected chi connectivity index (χ2v) is 6.23. The molecule has 0 aliphatic rings. The van der Waals surface area contributed by atoms with Crippen LogP contribution in [0, 0.1) is 0 Å². The smallest absolute Gasteiger partial charge is 0.142 e. The Labute approximate surface area is 137 Å². The lowest BCUT2D eigenvalue weighted by molar-refractivity contribution is 0.311. The maximum Gasteiger partial charge on any atom is 0.142 e. The van der Waals surface area contributed by atoms with Crippen molar-refractivity contribution in [2.24, 2.45) is 0 Å². The molecule has 1 N–H and O–H groups in total. The van der Waals surface area contributed by atoms with Crippen LogP contribution in [0.4, 0.5) is 5.69 Å². The van der Waals surface area contributed by atoms with Gasteiger partial charge in [0.05, 0.1) is 12.3 Å². The van der Waals surface area contributed by atoms with Gasteiger partial charge in [-0.1, -0.05) is 43.5 Å². The summed E-state index contributed by atoms with van der Waals surface area (Å²) in [6.45, 7) is 1.67. The molecule has 0 aromatic heterocycles. The third-order valence-corrected chi connectivity index (χ3v) is 3.96. The molecular formula is C14H20Br2ClNO. The maximum atomic E-state index is 6.03. The van der Waals surface area contributed by atoms with E-state index in [1.54, 1.807) is 0 Å². The van der Waals surface area contributed by atoms with Gasteiger partial charge in [-0.3, -0.25) is 0 Å². The van der Waals surface area contributed by atoms with Crippen molar-refractivity contribution in [2.75, 3.05) is 29.1 Å². The number of halogens is 3. The van der Waals surface area contributed by atoms with Crippen molar-refractivity contribution >= 4 is 49.1 Å². The number of unbranched alkanes of at least 4 members (excludes halogenated alkanes) is 2. The van der Waals surface area contributed by atoms with E-state index in [1.807, 2.05) is 18.2 Å². The molecule has 0 unspecified atom stereocenters. The van der Waals surface area contributed by atoms with Crippen molar-refractivity contribution in [3.05, 3.63) is 23.2 Å². The first kappa shape index (κ1) is 17.1. The predicted molar refractivity (Wildman–Crippen MR) is 91.5 cm³/mol. The Morgan fingerprint density at radius 2 is 1.79 bits per heavy atom. The largest absolute Gasteiger partial charge is 0.491 e. The molecule has 0 aliphatic heterocycles. The molecule has 1 aromatic rings. The molecule has 0 aliphatic carbocycles. The number of anilines is 1. The van der Waals surface area contributed by atoms with Crippen LogP contribution in [0.25, 0.3) is 0 Å². The lowest BCUT2D eigenvalue weighted by Crippen LogP contribution is -2.05. The minimum Gasteiger partial charge on any atom is -0.491 e. The predicted octanol–water partition coefficient (Wildman–Crippen LogP) is 5.48. The van der Waals surface area contributed by atoms with Gasteiger partial charge in [0, 0.05) is 22.2 Å². The van der Waals surface area contributed by atoms with E-state index in [4.69, 9.17) is 16.3 Å². The monoisotopic (exact) mass is 411 g/mol. The van der Waals surface area contributed by atoms with Gasteiger partial charge >= 0.3 is 0 Å². The first-order valence-corrected chi connectivity index (χ1v) is 9.18. The maximum absolute atomic E-state index is 6.03. The fourth-order valence-electron chi connectivity index (χ4n) is 1.59. The normalized spacial score (nSPS) is 10.5. The van der Waals surface area contributed by atoms with E-state index in [0.717, 1.165) is 66.0 Å². The summed E-state index contributed by atoms with van der Waals surface area (Å²) in [5.41, 5.74) is 0.987. The van der Waals surface area contributed by atoms with Gasteiger partial charge in [0.15, 0.2) is 0 Å². The van der Waals surface area contributed by atoms with Crippen LogP contribution < -0.4 is 10.1 Å². The first-order valence-electron chi connectivity index (χ1n) is 6.56. The van der Waals surface area contributed by atoms with E-state index in [9.17, 15) is 0 Å². The zero-order valence-corrected chi connectivity index (χ0v) is 14.9. The number of ether oxygens (including phenoxy) is 1. The average molecular weight is 414 g/mol. The Bertz CT molecular complexity index is 363. The van der Waals surface area contributed by atoms with Crippen molar-refractivity contribution in [1.29, 1.82) is 0 Å². The van der Waals surface area contributed by atoms with Gasteiger partial charge < -0.3 is 10.1 Å². The second kappa shape index (κ2) is 10.8. The number of benzene rings is 1. The standard InChI is InChI=1S/C14H20Br2ClNO/c15-7-1-3-9-18-13-11-12(17)5-6-14(13)19-10-4-2-8-16/h5-6,11,18H,1-4,7-10H2. The molecule has 5 heteroatoms. The van der Waals surface area contributed by atoms with Gasteiger partial charge in [-0.05, 0) is 43.9 Å². The van der Waals surface area contributed by atoms with Crippen LogP contribution in [0.1, 0.15) is 25.7 Å². The highest BCUT2D eigenvalue weighted by Crippen LogP contribution is 2.28. The van der Waals surface area contributed by atoms with Gasteiger partial charge in [0.25, 0.3) is 0 Å². The highest BCUT2D eigenvalue weighted by Gasteiger charge is 2.04. The van der Waals surface area contributed by atoms with E-state index >= 15 is 0 Å². The summed E-state index contributed by atoms with van der Waals surface area (Å²) in [6, 6.07) is 5.73. The Kier molecular flexibility index (Phi) is 9.74. The SMILES string of the molecule is Clc1ccc(OCCCCBr)c(NCCCCBr)c1. The second-order valence-electron chi connectivity index (χ2n) is 4.21. The minimum absolute atomic E-state index is 0.732. The Morgan fingerprint density at radius 3 is 2.53 bits per heavy atom.